The molecule has 1 aromatic carbocycles. The van der Waals surface area contributed by atoms with Crippen LogP contribution in [0.1, 0.15) is 31.7 Å². The first-order chi connectivity index (χ1) is 10.2. The molecule has 0 radical (unpaired) electrons. The van der Waals surface area contributed by atoms with Crippen molar-refractivity contribution in [3.63, 3.8) is 0 Å². The molecule has 2 aliphatic heterocycles. The monoisotopic (exact) mass is 286 g/mol. The lowest BCUT2D eigenvalue weighted by Gasteiger charge is -2.45. The topological polar surface area (TPSA) is 44.9 Å². The minimum absolute atomic E-state index is 0.157. The Labute approximate surface area is 127 Å². The van der Waals surface area contributed by atoms with Crippen LogP contribution in [0.2, 0.25) is 0 Å². The predicted molar refractivity (Wildman–Crippen MR) is 87.2 cm³/mol. The van der Waals surface area contributed by atoms with E-state index in [0.29, 0.717) is 0 Å². The highest BCUT2D eigenvalue weighted by Crippen LogP contribution is 2.34. The maximum absolute atomic E-state index is 6.19. The number of nitrogens with zero attached hydrogens (tertiary/aromatic N) is 3. The molecule has 4 heteroatoms. The van der Waals surface area contributed by atoms with E-state index in [-0.39, 0.29) is 5.54 Å². The molecule has 0 aromatic heterocycles. The van der Waals surface area contributed by atoms with Crippen LogP contribution in [0, 0.1) is 0 Å². The molecule has 0 unspecified atom stereocenters. The molecule has 1 spiro atoms. The van der Waals surface area contributed by atoms with Crippen LogP contribution in [0.4, 0.5) is 0 Å². The molecule has 1 aromatic rings. The fourth-order valence-electron chi connectivity index (χ4n) is 3.59. The highest BCUT2D eigenvalue weighted by atomic mass is 15.4. The maximum atomic E-state index is 6.19. The van der Waals surface area contributed by atoms with E-state index >= 15 is 0 Å². The quantitative estimate of drug-likeness (QED) is 0.921. The summed E-state index contributed by atoms with van der Waals surface area (Å²) in [5, 5.41) is 0. The van der Waals surface area contributed by atoms with Crippen LogP contribution in [0.3, 0.4) is 0 Å². The largest absolute Gasteiger partial charge is 0.370 e. The Kier molecular flexibility index (Phi) is 4.15. The number of hydrogen-bond donors (Lipinski definition) is 1. The molecule has 2 aliphatic rings. The third kappa shape index (κ3) is 2.91. The standard InChI is InChI=1S/C17H26N4/c1-2-10-20-11-8-17(9-12-20)14-19-16(18)21(17)13-15-6-4-3-5-7-15/h3-7H,2,8-14H2,1H3,(H2,18,19). The molecule has 3 rings (SSSR count). The molecule has 4 nitrogen and oxygen atoms in total. The SMILES string of the molecule is CCCN1CCC2(CC1)CN=C(N)N2Cc1ccccc1. The third-order valence-corrected chi connectivity index (χ3v) is 4.89. The van der Waals surface area contributed by atoms with Crippen molar-refractivity contribution in [3.8, 4) is 0 Å². The van der Waals surface area contributed by atoms with Crippen molar-refractivity contribution in [2.24, 2.45) is 10.7 Å². The van der Waals surface area contributed by atoms with E-state index in [1.807, 2.05) is 0 Å². The van der Waals surface area contributed by atoms with Crippen LogP contribution >= 0.6 is 0 Å². The third-order valence-electron chi connectivity index (χ3n) is 4.89. The Morgan fingerprint density at radius 2 is 1.90 bits per heavy atom. The number of aliphatic imine (C=N–C) groups is 1. The summed E-state index contributed by atoms with van der Waals surface area (Å²) in [6, 6.07) is 10.6. The van der Waals surface area contributed by atoms with Gasteiger partial charge in [0.05, 0.1) is 12.1 Å². The minimum atomic E-state index is 0.157. The van der Waals surface area contributed by atoms with Crippen molar-refractivity contribution < 1.29 is 0 Å². The normalized spacial score (nSPS) is 21.8. The zero-order valence-corrected chi connectivity index (χ0v) is 13.0. The number of guanidine groups is 1. The Balaban J connectivity index is 1.71. The molecule has 0 amide bonds. The Morgan fingerprint density at radius 1 is 1.19 bits per heavy atom. The first-order valence-corrected chi connectivity index (χ1v) is 8.07. The Bertz CT molecular complexity index is 489. The molecule has 1 saturated heterocycles. The second kappa shape index (κ2) is 6.06. The number of hydrogen-bond acceptors (Lipinski definition) is 4. The molecule has 1 fully saturated rings. The van der Waals surface area contributed by atoms with E-state index in [1.54, 1.807) is 0 Å². The highest BCUT2D eigenvalue weighted by molar-refractivity contribution is 5.81. The highest BCUT2D eigenvalue weighted by Gasteiger charge is 2.44. The fraction of sp³-hybridized carbons (Fsp3) is 0.588. The predicted octanol–water partition coefficient (Wildman–Crippen LogP) is 2.06. The molecule has 0 bridgehead atoms. The van der Waals surface area contributed by atoms with Gasteiger partial charge in [-0.25, -0.2) is 0 Å². The summed E-state index contributed by atoms with van der Waals surface area (Å²) in [4.78, 5) is 9.49. The molecular formula is C17H26N4. The van der Waals surface area contributed by atoms with E-state index in [2.05, 4.69) is 52.0 Å². The molecule has 114 valence electrons. The molecular weight excluding hydrogens is 260 g/mol. The Morgan fingerprint density at radius 3 is 2.57 bits per heavy atom. The number of rotatable bonds is 4. The van der Waals surface area contributed by atoms with Crippen LogP contribution in [0.25, 0.3) is 0 Å². The van der Waals surface area contributed by atoms with Gasteiger partial charge >= 0.3 is 0 Å². The zero-order chi connectivity index (χ0) is 14.7. The molecule has 0 aliphatic carbocycles. The molecule has 2 N–H and O–H groups in total. The van der Waals surface area contributed by atoms with Gasteiger partial charge in [0.1, 0.15) is 0 Å². The van der Waals surface area contributed by atoms with Crippen LogP contribution in [-0.4, -0.2) is 47.5 Å². The van der Waals surface area contributed by atoms with Gasteiger partial charge in [0.2, 0.25) is 0 Å². The Hall–Kier alpha value is -1.55. The number of likely N-dealkylation sites (tertiary alicyclic amines) is 1. The second-order valence-electron chi connectivity index (χ2n) is 6.31. The van der Waals surface area contributed by atoms with Crippen molar-refractivity contribution in [2.75, 3.05) is 26.2 Å². The van der Waals surface area contributed by atoms with Crippen molar-refractivity contribution in [1.29, 1.82) is 0 Å². The van der Waals surface area contributed by atoms with Gasteiger partial charge < -0.3 is 15.5 Å². The van der Waals surface area contributed by atoms with E-state index in [1.165, 1.54) is 44.5 Å². The van der Waals surface area contributed by atoms with Crippen LogP contribution in [-0.2, 0) is 6.54 Å². The van der Waals surface area contributed by atoms with Crippen molar-refractivity contribution >= 4 is 5.96 Å². The van der Waals surface area contributed by atoms with Crippen molar-refractivity contribution in [2.45, 2.75) is 38.3 Å². The van der Waals surface area contributed by atoms with Crippen LogP contribution < -0.4 is 5.73 Å². The van der Waals surface area contributed by atoms with E-state index in [0.717, 1.165) is 19.0 Å². The van der Waals surface area contributed by atoms with Crippen LogP contribution in [0.15, 0.2) is 35.3 Å². The van der Waals surface area contributed by atoms with Gasteiger partial charge in [0.15, 0.2) is 5.96 Å². The van der Waals surface area contributed by atoms with Crippen LogP contribution in [0.5, 0.6) is 0 Å². The van der Waals surface area contributed by atoms with E-state index in [9.17, 15) is 0 Å². The van der Waals surface area contributed by atoms with E-state index in [4.69, 9.17) is 5.73 Å². The zero-order valence-electron chi connectivity index (χ0n) is 13.0. The summed E-state index contributed by atoms with van der Waals surface area (Å²) in [7, 11) is 0. The maximum Gasteiger partial charge on any atom is 0.192 e. The summed E-state index contributed by atoms with van der Waals surface area (Å²) < 4.78 is 0. The first kappa shape index (κ1) is 14.4. The summed E-state index contributed by atoms with van der Waals surface area (Å²) in [6.45, 7) is 7.55. The van der Waals surface area contributed by atoms with Gasteiger partial charge in [0.25, 0.3) is 0 Å². The summed E-state index contributed by atoms with van der Waals surface area (Å²) >= 11 is 0. The van der Waals surface area contributed by atoms with Gasteiger partial charge in [0, 0.05) is 19.6 Å². The molecule has 0 atom stereocenters. The number of benzene rings is 1. The lowest BCUT2D eigenvalue weighted by Crippen LogP contribution is -2.56. The van der Waals surface area contributed by atoms with E-state index < -0.39 is 0 Å². The number of piperidine rings is 1. The van der Waals surface area contributed by atoms with Crippen molar-refractivity contribution in [1.82, 2.24) is 9.80 Å². The van der Waals surface area contributed by atoms with Crippen molar-refractivity contribution in [3.05, 3.63) is 35.9 Å². The van der Waals surface area contributed by atoms with Gasteiger partial charge in [-0.1, -0.05) is 37.3 Å². The average Bonchev–Trinajstić information content (AvgIpc) is 2.81. The molecule has 2 heterocycles. The average molecular weight is 286 g/mol. The molecule has 0 saturated carbocycles. The summed E-state index contributed by atoms with van der Waals surface area (Å²) in [5.41, 5.74) is 7.66. The summed E-state index contributed by atoms with van der Waals surface area (Å²) in [6.07, 6.45) is 3.58. The molecule has 21 heavy (non-hydrogen) atoms. The minimum Gasteiger partial charge on any atom is -0.370 e. The number of nitrogens with two attached hydrogens (primary N) is 1. The fourth-order valence-corrected chi connectivity index (χ4v) is 3.59. The smallest absolute Gasteiger partial charge is 0.192 e. The van der Waals surface area contributed by atoms with Gasteiger partial charge in [-0.3, -0.25) is 4.99 Å². The van der Waals surface area contributed by atoms with Gasteiger partial charge in [-0.2, -0.15) is 0 Å². The lowest BCUT2D eigenvalue weighted by atomic mass is 9.86. The summed E-state index contributed by atoms with van der Waals surface area (Å²) in [5.74, 6) is 0.725. The van der Waals surface area contributed by atoms with Gasteiger partial charge in [-0.15, -0.1) is 0 Å². The second-order valence-corrected chi connectivity index (χ2v) is 6.31. The lowest BCUT2D eigenvalue weighted by molar-refractivity contribution is 0.0818. The first-order valence-electron chi connectivity index (χ1n) is 8.07. The van der Waals surface area contributed by atoms with Gasteiger partial charge in [-0.05, 0) is 31.4 Å².